The lowest BCUT2D eigenvalue weighted by molar-refractivity contribution is -0.152. The summed E-state index contributed by atoms with van der Waals surface area (Å²) in [7, 11) is 1.57. The Kier molecular flexibility index (Phi) is 9.32. The fraction of sp³-hybridized carbons (Fsp3) is 0.794. The van der Waals surface area contributed by atoms with Crippen LogP contribution in [0.1, 0.15) is 106 Å². The van der Waals surface area contributed by atoms with Crippen molar-refractivity contribution in [2.24, 2.45) is 28.6 Å². The zero-order valence-electron chi connectivity index (χ0n) is 27.4. The first-order valence-corrected chi connectivity index (χ1v) is 18.1. The minimum Gasteiger partial charge on any atom is -0.376 e. The van der Waals surface area contributed by atoms with Crippen LogP contribution in [-0.2, 0) is 19.1 Å². The second-order valence-electron chi connectivity index (χ2n) is 15.2. The maximum absolute atomic E-state index is 14.2. The molecule has 0 aromatic carbocycles. The molecule has 0 unspecified atom stereocenters. The fourth-order valence-electron chi connectivity index (χ4n) is 8.38. The molecular formula is C34H51N5O5S. The van der Waals surface area contributed by atoms with E-state index in [9.17, 15) is 19.2 Å². The third-order valence-corrected chi connectivity index (χ3v) is 12.4. The predicted octanol–water partition coefficient (Wildman–Crippen LogP) is 3.96. The van der Waals surface area contributed by atoms with Gasteiger partial charge in [0.15, 0.2) is 0 Å². The van der Waals surface area contributed by atoms with Crippen LogP contribution in [0, 0.1) is 28.6 Å². The quantitative estimate of drug-likeness (QED) is 0.399. The van der Waals surface area contributed by atoms with E-state index < -0.39 is 23.5 Å². The minimum absolute atomic E-state index is 0.0194. The van der Waals surface area contributed by atoms with Crippen molar-refractivity contribution in [3.8, 4) is 0 Å². The number of likely N-dealkylation sites (N-methyl/N-ethyl adjacent to an activating group) is 1. The number of hydrogen-bond acceptors (Lipinski definition) is 7. The summed E-state index contributed by atoms with van der Waals surface area (Å²) in [6.45, 7) is 8.19. The maximum Gasteiger partial charge on any atom is 0.265 e. The van der Waals surface area contributed by atoms with Gasteiger partial charge >= 0.3 is 0 Å². The lowest BCUT2D eigenvalue weighted by atomic mass is 9.70. The molecule has 2 aliphatic heterocycles. The van der Waals surface area contributed by atoms with Crippen molar-refractivity contribution in [1.29, 1.82) is 0 Å². The van der Waals surface area contributed by atoms with E-state index in [-0.39, 0.29) is 41.5 Å². The van der Waals surface area contributed by atoms with Gasteiger partial charge in [0.05, 0.1) is 23.2 Å². The third kappa shape index (κ3) is 6.53. The third-order valence-electron chi connectivity index (χ3n) is 11.5. The molecule has 11 heteroatoms. The SMILES string of the molecule is CNC(=O)[C@@H](NC(=O)[C@@H]1CN(C(=O)c2scnc2C2CCCC2)CC12CN(C(=O)[C@H]1CC1(C)C)C2)[C@@H](C)OCC1CCCCC1. The van der Waals surface area contributed by atoms with Gasteiger partial charge in [0.1, 0.15) is 10.9 Å². The number of rotatable bonds is 10. The summed E-state index contributed by atoms with van der Waals surface area (Å²) in [5.41, 5.74) is 2.13. The fourth-order valence-corrected chi connectivity index (χ4v) is 9.22. The number of likely N-dealkylation sites (tertiary alicyclic amines) is 2. The molecule has 2 saturated heterocycles. The van der Waals surface area contributed by atoms with E-state index in [0.717, 1.165) is 50.6 Å². The Morgan fingerprint density at radius 1 is 1.00 bits per heavy atom. The number of hydrogen-bond donors (Lipinski definition) is 2. The van der Waals surface area contributed by atoms with Crippen molar-refractivity contribution in [2.45, 2.75) is 103 Å². The van der Waals surface area contributed by atoms with Crippen molar-refractivity contribution in [3.63, 3.8) is 0 Å². The molecule has 1 aromatic rings. The highest BCUT2D eigenvalue weighted by molar-refractivity contribution is 7.11. The number of nitrogens with one attached hydrogen (secondary N) is 2. The van der Waals surface area contributed by atoms with Crippen LogP contribution in [0.4, 0.5) is 0 Å². The van der Waals surface area contributed by atoms with Crippen LogP contribution < -0.4 is 10.6 Å². The van der Waals surface area contributed by atoms with Crippen LogP contribution in [0.5, 0.6) is 0 Å². The van der Waals surface area contributed by atoms with Crippen molar-refractivity contribution in [3.05, 3.63) is 16.1 Å². The van der Waals surface area contributed by atoms with Gasteiger partial charge in [0.25, 0.3) is 5.91 Å². The Morgan fingerprint density at radius 2 is 1.64 bits per heavy atom. The number of nitrogens with zero attached hydrogens (tertiary/aromatic N) is 3. The van der Waals surface area contributed by atoms with Crippen molar-refractivity contribution in [2.75, 3.05) is 39.8 Å². The highest BCUT2D eigenvalue weighted by Gasteiger charge is 2.62. The summed E-state index contributed by atoms with van der Waals surface area (Å²) >= 11 is 1.39. The van der Waals surface area contributed by atoms with Gasteiger partial charge in [0.2, 0.25) is 17.7 Å². The first kappa shape index (κ1) is 32.4. The summed E-state index contributed by atoms with van der Waals surface area (Å²) < 4.78 is 6.20. The maximum atomic E-state index is 14.2. The van der Waals surface area contributed by atoms with Gasteiger partial charge < -0.3 is 25.2 Å². The highest BCUT2D eigenvalue weighted by atomic mass is 32.1. The Bertz CT molecular complexity index is 1280. The van der Waals surface area contributed by atoms with Crippen LogP contribution in [0.25, 0.3) is 0 Å². The molecule has 45 heavy (non-hydrogen) atoms. The van der Waals surface area contributed by atoms with Crippen LogP contribution in [0.15, 0.2) is 5.51 Å². The standard InChI is InChI=1S/C34H51N5O5S/c1-21(44-16-22-10-6-5-7-11-22)26(30(41)35-4)37-29(40)25-15-38(32(43)28-27(36-20-45-28)23-12-8-9-13-23)17-34(25)18-39(19-34)31(42)24-14-33(24,2)3/h20-26H,5-19H2,1-4H3,(H,35,41)(H,37,40)/t21-,24-,25+,26+/m1/s1. The molecule has 3 heterocycles. The zero-order valence-corrected chi connectivity index (χ0v) is 28.3. The molecule has 248 valence electrons. The number of aromatic nitrogens is 1. The van der Waals surface area contributed by atoms with Crippen molar-refractivity contribution in [1.82, 2.24) is 25.4 Å². The lowest BCUT2D eigenvalue weighted by Crippen LogP contribution is -2.65. The summed E-state index contributed by atoms with van der Waals surface area (Å²) in [6.07, 6.45) is 10.7. The Hall–Kier alpha value is -2.53. The van der Waals surface area contributed by atoms with Gasteiger partial charge in [-0.15, -0.1) is 11.3 Å². The van der Waals surface area contributed by atoms with Gasteiger partial charge in [-0.1, -0.05) is 46.0 Å². The molecule has 3 aliphatic carbocycles. The first-order valence-electron chi connectivity index (χ1n) is 17.2. The van der Waals surface area contributed by atoms with Crippen LogP contribution in [0.3, 0.4) is 0 Å². The molecule has 10 nitrogen and oxygen atoms in total. The van der Waals surface area contributed by atoms with E-state index in [4.69, 9.17) is 4.74 Å². The van der Waals surface area contributed by atoms with Crippen LogP contribution >= 0.6 is 11.3 Å². The average molecular weight is 642 g/mol. The molecule has 0 radical (unpaired) electrons. The smallest absolute Gasteiger partial charge is 0.265 e. The molecule has 5 fully saturated rings. The average Bonchev–Trinajstić information content (AvgIpc) is 3.55. The second-order valence-corrected chi connectivity index (χ2v) is 16.1. The molecule has 5 aliphatic rings. The van der Waals surface area contributed by atoms with E-state index in [2.05, 4.69) is 29.5 Å². The summed E-state index contributed by atoms with van der Waals surface area (Å²) in [4.78, 5) is 63.5. The van der Waals surface area contributed by atoms with Gasteiger partial charge in [-0.3, -0.25) is 19.2 Å². The summed E-state index contributed by atoms with van der Waals surface area (Å²) in [6, 6.07) is -0.853. The number of ether oxygens (including phenoxy) is 1. The van der Waals surface area contributed by atoms with Crippen LogP contribution in [-0.4, -0.2) is 90.4 Å². The molecule has 3 saturated carbocycles. The largest absolute Gasteiger partial charge is 0.376 e. The second kappa shape index (κ2) is 12.9. The molecule has 1 aromatic heterocycles. The number of carbonyl (C=O) groups is 4. The Morgan fingerprint density at radius 3 is 2.29 bits per heavy atom. The highest BCUT2D eigenvalue weighted by Crippen LogP contribution is 2.55. The van der Waals surface area contributed by atoms with E-state index in [1.54, 1.807) is 17.5 Å². The Labute approximate surface area is 271 Å². The predicted molar refractivity (Wildman–Crippen MR) is 172 cm³/mol. The first-order chi connectivity index (χ1) is 21.5. The van der Waals surface area contributed by atoms with Crippen molar-refractivity contribution < 1.29 is 23.9 Å². The summed E-state index contributed by atoms with van der Waals surface area (Å²) in [5, 5.41) is 5.74. The molecule has 0 bridgehead atoms. The molecule has 4 atom stereocenters. The monoisotopic (exact) mass is 641 g/mol. The molecule has 1 spiro atoms. The van der Waals surface area contributed by atoms with E-state index >= 15 is 0 Å². The minimum atomic E-state index is -0.853. The summed E-state index contributed by atoms with van der Waals surface area (Å²) in [5.74, 6) is -0.213. The topological polar surface area (TPSA) is 121 Å². The number of carbonyl (C=O) groups excluding carboxylic acids is 4. The molecular weight excluding hydrogens is 590 g/mol. The van der Waals surface area contributed by atoms with Gasteiger partial charge in [-0.25, -0.2) is 4.98 Å². The molecule has 4 amide bonds. The van der Waals surface area contributed by atoms with Gasteiger partial charge in [0, 0.05) is 57.1 Å². The zero-order chi connectivity index (χ0) is 31.9. The van der Waals surface area contributed by atoms with Gasteiger partial charge in [-0.2, -0.15) is 0 Å². The normalized spacial score (nSPS) is 27.2. The molecule has 6 rings (SSSR count). The van der Waals surface area contributed by atoms with Crippen LogP contribution in [0.2, 0.25) is 0 Å². The Balaban J connectivity index is 1.18. The van der Waals surface area contributed by atoms with E-state index in [0.29, 0.717) is 43.0 Å². The number of amides is 4. The van der Waals surface area contributed by atoms with E-state index in [1.807, 2.05) is 11.8 Å². The van der Waals surface area contributed by atoms with Gasteiger partial charge in [-0.05, 0) is 50.4 Å². The lowest BCUT2D eigenvalue weighted by Gasteiger charge is -2.50. The van der Waals surface area contributed by atoms with E-state index in [1.165, 1.54) is 30.6 Å². The molecule has 2 N–H and O–H groups in total. The van der Waals surface area contributed by atoms with Crippen molar-refractivity contribution >= 4 is 35.0 Å². The number of thiazole rings is 1.